The molecule has 2 amide bonds. The monoisotopic (exact) mass is 402 g/mol. The molecule has 1 atom stereocenters. The quantitative estimate of drug-likeness (QED) is 0.500. The van der Waals surface area contributed by atoms with Gasteiger partial charge in [0.25, 0.3) is 0 Å². The summed E-state index contributed by atoms with van der Waals surface area (Å²) in [7, 11) is 0. The molecule has 0 spiro atoms. The molecule has 1 aromatic carbocycles. The molecular weight excluding hydrogens is 372 g/mol. The topological polar surface area (TPSA) is 84.0 Å². The van der Waals surface area contributed by atoms with Crippen molar-refractivity contribution in [3.05, 3.63) is 30.3 Å². The van der Waals surface area contributed by atoms with E-state index in [1.165, 1.54) is 43.4 Å². The molecule has 1 aromatic heterocycles. The summed E-state index contributed by atoms with van der Waals surface area (Å²) < 4.78 is 0. The summed E-state index contributed by atoms with van der Waals surface area (Å²) in [5, 5.41) is 14.8. The number of hydrogen-bond donors (Lipinski definition) is 2. The molecule has 0 saturated heterocycles. The predicted molar refractivity (Wildman–Crippen MR) is 114 cm³/mol. The van der Waals surface area contributed by atoms with Gasteiger partial charge in [-0.3, -0.25) is 14.9 Å². The minimum atomic E-state index is -0.610. The van der Waals surface area contributed by atoms with Gasteiger partial charge in [-0.2, -0.15) is 0 Å². The first-order valence-corrected chi connectivity index (χ1v) is 10.9. The van der Waals surface area contributed by atoms with Crippen LogP contribution in [-0.4, -0.2) is 28.1 Å². The highest BCUT2D eigenvalue weighted by Gasteiger charge is 2.17. The van der Waals surface area contributed by atoms with Gasteiger partial charge in [0.1, 0.15) is 11.0 Å². The smallest absolute Gasteiger partial charge is 0.248 e. The van der Waals surface area contributed by atoms with Gasteiger partial charge in [-0.1, -0.05) is 87.1 Å². The van der Waals surface area contributed by atoms with Gasteiger partial charge in [0, 0.05) is 12.0 Å². The van der Waals surface area contributed by atoms with E-state index in [1.54, 1.807) is 6.92 Å². The number of nitrogens with one attached hydrogen (secondary N) is 2. The highest BCUT2D eigenvalue weighted by atomic mass is 32.1. The molecule has 6 nitrogen and oxygen atoms in total. The molecule has 7 heteroatoms. The van der Waals surface area contributed by atoms with E-state index in [0.29, 0.717) is 11.6 Å². The van der Waals surface area contributed by atoms with Crippen LogP contribution in [0.5, 0.6) is 0 Å². The number of amides is 2. The molecule has 152 valence electrons. The van der Waals surface area contributed by atoms with Crippen LogP contribution in [0.2, 0.25) is 0 Å². The molecule has 0 radical (unpaired) electrons. The fourth-order valence-corrected chi connectivity index (χ4v) is 3.56. The van der Waals surface area contributed by atoms with Crippen molar-refractivity contribution in [1.29, 1.82) is 0 Å². The average Bonchev–Trinajstić information content (AvgIpc) is 3.16. The van der Waals surface area contributed by atoms with Crippen molar-refractivity contribution in [2.45, 2.75) is 71.3 Å². The second kappa shape index (κ2) is 12.2. The zero-order valence-electron chi connectivity index (χ0n) is 16.7. The first-order valence-electron chi connectivity index (χ1n) is 10.1. The maximum atomic E-state index is 12.3. The van der Waals surface area contributed by atoms with E-state index in [2.05, 4.69) is 27.8 Å². The van der Waals surface area contributed by atoms with Crippen LogP contribution in [-0.2, 0) is 9.59 Å². The molecule has 2 aromatic rings. The Morgan fingerprint density at radius 1 is 1.00 bits per heavy atom. The Bertz CT molecular complexity index is 733. The fraction of sp³-hybridized carbons (Fsp3) is 0.524. The molecule has 1 unspecified atom stereocenters. The summed E-state index contributed by atoms with van der Waals surface area (Å²) in [6, 6.07) is 9.07. The zero-order chi connectivity index (χ0) is 20.2. The van der Waals surface area contributed by atoms with Crippen molar-refractivity contribution in [1.82, 2.24) is 15.5 Å². The van der Waals surface area contributed by atoms with Crippen molar-refractivity contribution in [2.75, 3.05) is 5.32 Å². The van der Waals surface area contributed by atoms with Crippen LogP contribution in [0.25, 0.3) is 10.6 Å². The lowest BCUT2D eigenvalue weighted by atomic mass is 10.1. The fourth-order valence-electron chi connectivity index (χ4n) is 2.81. The normalized spacial score (nSPS) is 11.8. The van der Waals surface area contributed by atoms with Crippen molar-refractivity contribution in [2.24, 2.45) is 0 Å². The third kappa shape index (κ3) is 7.76. The van der Waals surface area contributed by atoms with Gasteiger partial charge in [-0.15, -0.1) is 10.2 Å². The first kappa shape index (κ1) is 22.0. The second-order valence-electron chi connectivity index (χ2n) is 6.93. The Morgan fingerprint density at radius 3 is 2.39 bits per heavy atom. The van der Waals surface area contributed by atoms with E-state index in [-0.39, 0.29) is 11.8 Å². The molecule has 0 aliphatic heterocycles. The van der Waals surface area contributed by atoms with E-state index in [9.17, 15) is 9.59 Å². The lowest BCUT2D eigenvalue weighted by Gasteiger charge is -2.12. The summed E-state index contributed by atoms with van der Waals surface area (Å²) in [5.74, 6) is -0.373. The molecule has 0 aliphatic carbocycles. The Labute approximate surface area is 171 Å². The van der Waals surface area contributed by atoms with Crippen LogP contribution >= 0.6 is 11.3 Å². The Morgan fingerprint density at radius 2 is 1.68 bits per heavy atom. The maximum absolute atomic E-state index is 12.3. The van der Waals surface area contributed by atoms with Gasteiger partial charge < -0.3 is 5.32 Å². The van der Waals surface area contributed by atoms with Crippen molar-refractivity contribution >= 4 is 28.3 Å². The third-order valence-electron chi connectivity index (χ3n) is 4.45. The Hall–Kier alpha value is -2.28. The van der Waals surface area contributed by atoms with E-state index < -0.39 is 6.04 Å². The summed E-state index contributed by atoms with van der Waals surface area (Å²) in [6.45, 7) is 3.88. The van der Waals surface area contributed by atoms with Crippen LogP contribution < -0.4 is 10.6 Å². The molecule has 2 N–H and O–H groups in total. The summed E-state index contributed by atoms with van der Waals surface area (Å²) in [4.78, 5) is 24.3. The van der Waals surface area contributed by atoms with Crippen LogP contribution in [0.4, 0.5) is 5.13 Å². The van der Waals surface area contributed by atoms with Crippen LogP contribution in [0.15, 0.2) is 30.3 Å². The number of anilines is 1. The number of nitrogens with zero attached hydrogens (tertiary/aromatic N) is 2. The van der Waals surface area contributed by atoms with Gasteiger partial charge in [0.2, 0.25) is 16.9 Å². The van der Waals surface area contributed by atoms with Crippen LogP contribution in [0.1, 0.15) is 65.2 Å². The van der Waals surface area contributed by atoms with Crippen LogP contribution in [0.3, 0.4) is 0 Å². The number of unbranched alkanes of at least 4 members (excludes halogenated alkanes) is 6. The number of rotatable bonds is 12. The Kier molecular flexibility index (Phi) is 9.62. The van der Waals surface area contributed by atoms with Crippen LogP contribution in [0, 0.1) is 0 Å². The predicted octanol–water partition coefficient (Wildman–Crippen LogP) is 4.79. The number of carbonyl (C=O) groups excluding carboxylic acids is 2. The summed E-state index contributed by atoms with van der Waals surface area (Å²) in [6.07, 6.45) is 8.60. The molecule has 1 heterocycles. The SMILES string of the molecule is CCCCCCCCCC(=O)NC(C)C(=O)Nc1nnc(-c2ccccc2)s1. The molecule has 0 saturated carbocycles. The molecule has 0 fully saturated rings. The van der Waals surface area contributed by atoms with Gasteiger partial charge in [0.05, 0.1) is 0 Å². The van der Waals surface area contributed by atoms with E-state index in [4.69, 9.17) is 0 Å². The number of carbonyl (C=O) groups is 2. The third-order valence-corrected chi connectivity index (χ3v) is 5.34. The lowest BCUT2D eigenvalue weighted by Crippen LogP contribution is -2.41. The summed E-state index contributed by atoms with van der Waals surface area (Å²) in [5.41, 5.74) is 0.955. The minimum Gasteiger partial charge on any atom is -0.345 e. The average molecular weight is 403 g/mol. The molecule has 28 heavy (non-hydrogen) atoms. The first-order chi connectivity index (χ1) is 13.6. The number of aromatic nitrogens is 2. The molecular formula is C21H30N4O2S. The Balaban J connectivity index is 1.68. The number of hydrogen-bond acceptors (Lipinski definition) is 5. The molecule has 0 aliphatic rings. The molecule has 2 rings (SSSR count). The van der Waals surface area contributed by atoms with Gasteiger partial charge in [-0.05, 0) is 13.3 Å². The highest BCUT2D eigenvalue weighted by Crippen LogP contribution is 2.25. The van der Waals surface area contributed by atoms with Crippen molar-refractivity contribution in [3.8, 4) is 10.6 Å². The van der Waals surface area contributed by atoms with E-state index in [1.807, 2.05) is 30.3 Å². The minimum absolute atomic E-state index is 0.0848. The lowest BCUT2D eigenvalue weighted by molar-refractivity contribution is -0.126. The zero-order valence-corrected chi connectivity index (χ0v) is 17.6. The van der Waals surface area contributed by atoms with Gasteiger partial charge in [0.15, 0.2) is 0 Å². The number of benzene rings is 1. The standard InChI is InChI=1S/C21H30N4O2S/c1-3-4-5-6-7-8-12-15-18(26)22-16(2)19(27)23-21-25-24-20(28-21)17-13-10-9-11-14-17/h9-11,13-14,16H,3-8,12,15H2,1-2H3,(H,22,26)(H,23,25,27). The second-order valence-corrected chi connectivity index (χ2v) is 7.91. The van der Waals surface area contributed by atoms with E-state index in [0.717, 1.165) is 23.4 Å². The summed E-state index contributed by atoms with van der Waals surface area (Å²) >= 11 is 1.31. The van der Waals surface area contributed by atoms with Crippen molar-refractivity contribution in [3.63, 3.8) is 0 Å². The van der Waals surface area contributed by atoms with Gasteiger partial charge in [-0.25, -0.2) is 0 Å². The largest absolute Gasteiger partial charge is 0.345 e. The van der Waals surface area contributed by atoms with Gasteiger partial charge >= 0.3 is 0 Å². The maximum Gasteiger partial charge on any atom is 0.248 e. The highest BCUT2D eigenvalue weighted by molar-refractivity contribution is 7.18. The van der Waals surface area contributed by atoms with E-state index >= 15 is 0 Å². The molecule has 0 bridgehead atoms. The van der Waals surface area contributed by atoms with Crippen molar-refractivity contribution < 1.29 is 9.59 Å².